The van der Waals surface area contributed by atoms with Crippen molar-refractivity contribution in [1.82, 2.24) is 5.32 Å². The molecule has 4 N–H and O–H groups in total. The molecule has 0 aromatic heterocycles. The van der Waals surface area contributed by atoms with Crippen molar-refractivity contribution in [2.75, 3.05) is 31.8 Å². The molecule has 27 heavy (non-hydrogen) atoms. The van der Waals surface area contributed by atoms with Gasteiger partial charge in [-0.2, -0.15) is 5.26 Å². The summed E-state index contributed by atoms with van der Waals surface area (Å²) < 4.78 is 10.5. The van der Waals surface area contributed by atoms with Crippen LogP contribution in [0.4, 0.5) is 11.4 Å². The van der Waals surface area contributed by atoms with E-state index in [1.807, 2.05) is 24.3 Å². The molecule has 0 atom stereocenters. The topological polar surface area (TPSA) is 109 Å². The molecule has 2 aromatic rings. The summed E-state index contributed by atoms with van der Waals surface area (Å²) in [5.74, 6) is 0.840. The van der Waals surface area contributed by atoms with Crippen LogP contribution in [0.1, 0.15) is 5.56 Å². The van der Waals surface area contributed by atoms with Crippen LogP contribution in [-0.2, 0) is 11.2 Å². The van der Waals surface area contributed by atoms with E-state index in [1.165, 1.54) is 6.20 Å². The van der Waals surface area contributed by atoms with Gasteiger partial charge in [0.1, 0.15) is 11.6 Å². The summed E-state index contributed by atoms with van der Waals surface area (Å²) >= 11 is 0. The fraction of sp³-hybridized carbons (Fsp3) is 0.200. The van der Waals surface area contributed by atoms with Crippen LogP contribution in [0.5, 0.6) is 11.5 Å². The predicted molar refractivity (Wildman–Crippen MR) is 104 cm³/mol. The second kappa shape index (κ2) is 9.73. The number of anilines is 2. The fourth-order valence-electron chi connectivity index (χ4n) is 2.34. The summed E-state index contributed by atoms with van der Waals surface area (Å²) in [5.41, 5.74) is 7.80. The molecule has 0 fully saturated rings. The highest BCUT2D eigenvalue weighted by molar-refractivity contribution is 6.06. The number of nitrogens with two attached hydrogens (primary N) is 1. The van der Waals surface area contributed by atoms with Gasteiger partial charge in [-0.3, -0.25) is 4.79 Å². The number of amides is 1. The maximum absolute atomic E-state index is 12.1. The standard InChI is InChI=1S/C20H22N4O3/c1-26-18-8-3-14(11-19(18)27-2)9-10-23-13-15(12-21)20(25)24-17-6-4-16(22)5-7-17/h3-8,11,13,23H,9-10,22H2,1-2H3,(H,24,25)/b15-13-. The normalized spacial score (nSPS) is 10.6. The lowest BCUT2D eigenvalue weighted by molar-refractivity contribution is -0.112. The Morgan fingerprint density at radius 1 is 1.15 bits per heavy atom. The molecule has 1 amide bonds. The number of hydrogen-bond donors (Lipinski definition) is 3. The molecule has 140 valence electrons. The zero-order valence-electron chi connectivity index (χ0n) is 15.3. The van der Waals surface area contributed by atoms with Crippen LogP contribution in [0.3, 0.4) is 0 Å². The molecular weight excluding hydrogens is 344 g/mol. The molecule has 0 bridgehead atoms. The molecule has 7 nitrogen and oxygen atoms in total. The Morgan fingerprint density at radius 3 is 2.48 bits per heavy atom. The number of nitrogens with zero attached hydrogens (tertiary/aromatic N) is 1. The molecule has 0 unspecified atom stereocenters. The van der Waals surface area contributed by atoms with Crippen molar-refractivity contribution in [1.29, 1.82) is 5.26 Å². The van der Waals surface area contributed by atoms with Crippen molar-refractivity contribution >= 4 is 17.3 Å². The summed E-state index contributed by atoms with van der Waals surface area (Å²) in [4.78, 5) is 12.1. The van der Waals surface area contributed by atoms with Crippen LogP contribution in [0.2, 0.25) is 0 Å². The first-order chi connectivity index (χ1) is 13.1. The van der Waals surface area contributed by atoms with Crippen LogP contribution in [0, 0.1) is 11.3 Å². The Morgan fingerprint density at radius 2 is 1.85 bits per heavy atom. The second-order valence-corrected chi connectivity index (χ2v) is 5.64. The molecule has 2 rings (SSSR count). The number of rotatable bonds is 8. The van der Waals surface area contributed by atoms with Gasteiger partial charge in [-0.25, -0.2) is 0 Å². The SMILES string of the molecule is COc1ccc(CCN/C=C(/C#N)C(=O)Nc2ccc(N)cc2)cc1OC. The minimum absolute atomic E-state index is 0.0147. The number of nitrogens with one attached hydrogen (secondary N) is 2. The number of benzene rings is 2. The van der Waals surface area contributed by atoms with Gasteiger partial charge in [0.05, 0.1) is 14.2 Å². The van der Waals surface area contributed by atoms with E-state index in [4.69, 9.17) is 15.2 Å². The van der Waals surface area contributed by atoms with Crippen molar-refractivity contribution in [3.63, 3.8) is 0 Å². The molecule has 0 saturated heterocycles. The summed E-state index contributed by atoms with van der Waals surface area (Å²) in [5, 5.41) is 14.8. The summed E-state index contributed by atoms with van der Waals surface area (Å²) in [6.45, 7) is 0.551. The number of carbonyl (C=O) groups excluding carboxylic acids is 1. The second-order valence-electron chi connectivity index (χ2n) is 5.64. The van der Waals surface area contributed by atoms with Crippen molar-refractivity contribution in [3.05, 3.63) is 59.8 Å². The van der Waals surface area contributed by atoms with Crippen LogP contribution in [-0.4, -0.2) is 26.7 Å². The highest BCUT2D eigenvalue weighted by atomic mass is 16.5. The first kappa shape index (κ1) is 19.7. The third-order valence-electron chi connectivity index (χ3n) is 3.79. The largest absolute Gasteiger partial charge is 0.493 e. The van der Waals surface area contributed by atoms with Crippen molar-refractivity contribution < 1.29 is 14.3 Å². The van der Waals surface area contributed by atoms with E-state index < -0.39 is 5.91 Å². The van der Waals surface area contributed by atoms with Crippen LogP contribution in [0.25, 0.3) is 0 Å². The minimum atomic E-state index is -0.485. The van der Waals surface area contributed by atoms with Crippen LogP contribution < -0.4 is 25.8 Å². The average Bonchev–Trinajstić information content (AvgIpc) is 2.69. The van der Waals surface area contributed by atoms with Crippen molar-refractivity contribution in [2.24, 2.45) is 0 Å². The lowest BCUT2D eigenvalue weighted by Gasteiger charge is -2.09. The molecule has 0 heterocycles. The maximum atomic E-state index is 12.1. The smallest absolute Gasteiger partial charge is 0.267 e. The van der Waals surface area contributed by atoms with Gasteiger partial charge in [0.25, 0.3) is 5.91 Å². The molecule has 2 aromatic carbocycles. The Balaban J connectivity index is 1.90. The molecule has 0 radical (unpaired) electrons. The number of nitrogen functional groups attached to an aromatic ring is 1. The molecule has 0 aliphatic heterocycles. The number of hydrogen-bond acceptors (Lipinski definition) is 6. The molecule has 7 heteroatoms. The average molecular weight is 366 g/mol. The van der Waals surface area contributed by atoms with E-state index in [0.29, 0.717) is 35.8 Å². The van der Waals surface area contributed by atoms with Gasteiger partial charge in [0.15, 0.2) is 11.5 Å². The van der Waals surface area contributed by atoms with Crippen LogP contribution >= 0.6 is 0 Å². The Bertz CT molecular complexity index is 855. The quantitative estimate of drug-likeness (QED) is 0.287. The third kappa shape index (κ3) is 5.68. The molecule has 0 aliphatic carbocycles. The van der Waals surface area contributed by atoms with Crippen molar-refractivity contribution in [3.8, 4) is 17.6 Å². The number of methoxy groups -OCH3 is 2. The third-order valence-corrected chi connectivity index (χ3v) is 3.79. The fourth-order valence-corrected chi connectivity index (χ4v) is 2.34. The lowest BCUT2D eigenvalue weighted by atomic mass is 10.1. The van der Waals surface area contributed by atoms with E-state index in [-0.39, 0.29) is 5.57 Å². The predicted octanol–water partition coefficient (Wildman–Crippen LogP) is 2.46. The van der Waals surface area contributed by atoms with Crippen LogP contribution in [0.15, 0.2) is 54.2 Å². The Labute approximate surface area is 158 Å². The van der Waals surface area contributed by atoms with Gasteiger partial charge in [0.2, 0.25) is 0 Å². The molecule has 0 aliphatic rings. The summed E-state index contributed by atoms with van der Waals surface area (Å²) in [6, 6.07) is 14.3. The number of carbonyl (C=O) groups is 1. The number of ether oxygens (including phenoxy) is 2. The van der Waals surface area contributed by atoms with E-state index in [2.05, 4.69) is 10.6 Å². The highest BCUT2D eigenvalue weighted by Crippen LogP contribution is 2.27. The summed E-state index contributed by atoms with van der Waals surface area (Å²) in [7, 11) is 3.17. The first-order valence-electron chi connectivity index (χ1n) is 8.29. The summed E-state index contributed by atoms with van der Waals surface area (Å²) in [6.07, 6.45) is 2.10. The van der Waals surface area contributed by atoms with Gasteiger partial charge in [-0.05, 0) is 48.4 Å². The van der Waals surface area contributed by atoms with E-state index in [0.717, 1.165) is 5.56 Å². The first-order valence-corrected chi connectivity index (χ1v) is 8.29. The highest BCUT2D eigenvalue weighted by Gasteiger charge is 2.09. The minimum Gasteiger partial charge on any atom is -0.493 e. The van der Waals surface area contributed by atoms with Crippen molar-refractivity contribution in [2.45, 2.75) is 6.42 Å². The Kier molecular flexibility index (Phi) is 7.08. The monoisotopic (exact) mass is 366 g/mol. The van der Waals surface area contributed by atoms with E-state index in [9.17, 15) is 10.1 Å². The van der Waals surface area contributed by atoms with Gasteiger partial charge >= 0.3 is 0 Å². The maximum Gasteiger partial charge on any atom is 0.267 e. The van der Waals surface area contributed by atoms with E-state index in [1.54, 1.807) is 38.5 Å². The van der Waals surface area contributed by atoms with E-state index >= 15 is 0 Å². The van der Waals surface area contributed by atoms with Gasteiger partial charge in [-0.15, -0.1) is 0 Å². The molecule has 0 saturated carbocycles. The Hall–Kier alpha value is -3.66. The molecule has 0 spiro atoms. The zero-order chi connectivity index (χ0) is 19.6. The number of nitriles is 1. The lowest BCUT2D eigenvalue weighted by Crippen LogP contribution is -2.18. The van der Waals surface area contributed by atoms with Gasteiger partial charge in [-0.1, -0.05) is 6.07 Å². The molecular formula is C20H22N4O3. The zero-order valence-corrected chi connectivity index (χ0v) is 15.3. The van der Waals surface area contributed by atoms with Gasteiger partial charge < -0.3 is 25.8 Å². The van der Waals surface area contributed by atoms with Gasteiger partial charge in [0, 0.05) is 24.1 Å².